The third kappa shape index (κ3) is 4.78. The first-order valence-electron chi connectivity index (χ1n) is 14.5. The second kappa shape index (κ2) is 11.3. The summed E-state index contributed by atoms with van der Waals surface area (Å²) < 4.78 is 12.6. The zero-order chi connectivity index (χ0) is 29.5. The molecule has 0 unspecified atom stereocenters. The topological polar surface area (TPSA) is 114 Å². The van der Waals surface area contributed by atoms with Gasteiger partial charge in [-0.1, -0.05) is 27.7 Å². The lowest BCUT2D eigenvalue weighted by Crippen LogP contribution is -2.44. The summed E-state index contributed by atoms with van der Waals surface area (Å²) in [5, 5.41) is 12.0. The number of cyclic esters (lactones) is 1. The molecule has 218 valence electrons. The van der Waals surface area contributed by atoms with Crippen LogP contribution in [-0.2, 0) is 34.7 Å². The highest BCUT2D eigenvalue weighted by Crippen LogP contribution is 2.40. The fraction of sp³-hybridized carbons (Fsp3) is 0.484. The van der Waals surface area contributed by atoms with Crippen LogP contribution in [0.25, 0.3) is 22.3 Å². The van der Waals surface area contributed by atoms with E-state index in [9.17, 15) is 19.5 Å². The van der Waals surface area contributed by atoms with Gasteiger partial charge < -0.3 is 28.9 Å². The van der Waals surface area contributed by atoms with Crippen molar-refractivity contribution in [3.63, 3.8) is 0 Å². The Labute approximate surface area is 239 Å². The summed E-state index contributed by atoms with van der Waals surface area (Å²) in [7, 11) is 0. The number of amides is 1. The van der Waals surface area contributed by atoms with E-state index in [2.05, 4.69) is 18.7 Å². The summed E-state index contributed by atoms with van der Waals surface area (Å²) in [4.78, 5) is 47.9. The minimum Gasteiger partial charge on any atom is -0.458 e. The number of hydrogen-bond donors (Lipinski definition) is 1. The monoisotopic (exact) mass is 562 g/mol. The molecule has 10 nitrogen and oxygen atoms in total. The lowest BCUT2D eigenvalue weighted by molar-refractivity contribution is -0.172. The van der Waals surface area contributed by atoms with Crippen LogP contribution in [0, 0.1) is 0 Å². The maximum absolute atomic E-state index is 13.5. The normalized spacial score (nSPS) is 17.3. The summed E-state index contributed by atoms with van der Waals surface area (Å²) >= 11 is 0. The van der Waals surface area contributed by atoms with Crippen molar-refractivity contribution in [2.24, 2.45) is 0 Å². The fourth-order valence-corrected chi connectivity index (χ4v) is 5.95. The van der Waals surface area contributed by atoms with Gasteiger partial charge in [0, 0.05) is 36.1 Å². The van der Waals surface area contributed by atoms with Crippen LogP contribution in [0.5, 0.6) is 5.75 Å². The number of fused-ring (bicyclic) bond motifs is 5. The summed E-state index contributed by atoms with van der Waals surface area (Å²) in [6.07, 6.45) is 0.370. The van der Waals surface area contributed by atoms with Gasteiger partial charge in [0.15, 0.2) is 5.60 Å². The SMILES string of the molecule is CCc1c2c(nc3ccc(OC(=O)N(CC)CCN(CC)CC)cc13)-c1cc3c(c(=O)n1C2)COC(=O)[C@]3(O)CC. The molecular formula is C31H38N4O6. The maximum Gasteiger partial charge on any atom is 0.415 e. The van der Waals surface area contributed by atoms with Gasteiger partial charge in [0.1, 0.15) is 12.4 Å². The van der Waals surface area contributed by atoms with Crippen LogP contribution in [0.4, 0.5) is 4.79 Å². The predicted octanol–water partition coefficient (Wildman–Crippen LogP) is 3.80. The highest BCUT2D eigenvalue weighted by Gasteiger charge is 2.45. The number of nitrogens with zero attached hydrogens (tertiary/aromatic N) is 4. The van der Waals surface area contributed by atoms with E-state index < -0.39 is 17.7 Å². The molecule has 10 heteroatoms. The van der Waals surface area contributed by atoms with Crippen LogP contribution >= 0.6 is 0 Å². The van der Waals surface area contributed by atoms with Crippen LogP contribution in [0.2, 0.25) is 0 Å². The molecule has 2 aromatic heterocycles. The molecule has 5 rings (SSSR count). The summed E-state index contributed by atoms with van der Waals surface area (Å²) in [5.74, 6) is -0.306. The van der Waals surface area contributed by atoms with Crippen molar-refractivity contribution >= 4 is 23.0 Å². The van der Waals surface area contributed by atoms with Crippen molar-refractivity contribution in [2.75, 3.05) is 32.7 Å². The van der Waals surface area contributed by atoms with Crippen molar-refractivity contribution in [3.8, 4) is 17.1 Å². The lowest BCUT2D eigenvalue weighted by Gasteiger charge is -2.31. The van der Waals surface area contributed by atoms with E-state index in [0.717, 1.165) is 36.1 Å². The second-order valence-electron chi connectivity index (χ2n) is 10.5. The Kier molecular flexibility index (Phi) is 7.89. The highest BCUT2D eigenvalue weighted by atomic mass is 16.6. The van der Waals surface area contributed by atoms with Crippen molar-refractivity contribution in [2.45, 2.75) is 66.2 Å². The maximum atomic E-state index is 13.5. The molecule has 1 aromatic carbocycles. The number of benzene rings is 1. The number of aryl methyl sites for hydroxylation is 1. The van der Waals surface area contributed by atoms with Crippen LogP contribution in [0.15, 0.2) is 29.1 Å². The minimum absolute atomic E-state index is 0.0896. The number of likely N-dealkylation sites (N-methyl/N-ethyl adjacent to an activating group) is 2. The average molecular weight is 563 g/mol. The van der Waals surface area contributed by atoms with Crippen LogP contribution in [0.1, 0.15) is 63.3 Å². The van der Waals surface area contributed by atoms with Gasteiger partial charge in [-0.25, -0.2) is 14.6 Å². The number of rotatable bonds is 9. The first kappa shape index (κ1) is 28.8. The number of aliphatic hydroxyl groups is 1. The number of ether oxygens (including phenoxy) is 2. The lowest BCUT2D eigenvalue weighted by atomic mass is 9.86. The van der Waals surface area contributed by atoms with E-state index in [1.54, 1.807) is 28.5 Å². The van der Waals surface area contributed by atoms with Crippen molar-refractivity contribution < 1.29 is 24.2 Å². The van der Waals surface area contributed by atoms with Gasteiger partial charge in [-0.05, 0) is 62.7 Å². The first-order valence-corrected chi connectivity index (χ1v) is 14.5. The number of pyridine rings is 2. The Morgan fingerprint density at radius 2 is 1.83 bits per heavy atom. The van der Waals surface area contributed by atoms with E-state index in [-0.39, 0.29) is 18.6 Å². The van der Waals surface area contributed by atoms with E-state index >= 15 is 0 Å². The Morgan fingerprint density at radius 1 is 1.07 bits per heavy atom. The van der Waals surface area contributed by atoms with Gasteiger partial charge in [0.05, 0.1) is 29.0 Å². The van der Waals surface area contributed by atoms with Crippen molar-refractivity contribution in [3.05, 3.63) is 56.9 Å². The highest BCUT2D eigenvalue weighted by molar-refractivity contribution is 5.90. The number of carbonyl (C=O) groups excluding carboxylic acids is 2. The fourth-order valence-electron chi connectivity index (χ4n) is 5.95. The molecule has 4 heterocycles. The van der Waals surface area contributed by atoms with Gasteiger partial charge in [-0.3, -0.25) is 4.79 Å². The average Bonchev–Trinajstić information content (AvgIpc) is 3.35. The Morgan fingerprint density at radius 3 is 2.49 bits per heavy atom. The molecule has 0 fully saturated rings. The molecule has 1 amide bonds. The standard InChI is InChI=1S/C31H38N4O6/c1-6-20-21-15-19(41-30(38)34(10-5)14-13-33(8-3)9-4)11-12-25(21)32-27-22(20)17-35-26(27)16-24-23(28(35)36)18-40-29(37)31(24,39)7-2/h11-12,15-16,39H,6-10,13-14,17-18H2,1-5H3/t31-/m0/s1. The molecular weight excluding hydrogens is 524 g/mol. The number of aromatic nitrogens is 2. The number of esters is 1. The Hall–Kier alpha value is -3.76. The second-order valence-corrected chi connectivity index (χ2v) is 10.5. The molecule has 0 aliphatic carbocycles. The molecule has 0 bridgehead atoms. The van der Waals surface area contributed by atoms with Gasteiger partial charge in [0.25, 0.3) is 5.56 Å². The van der Waals surface area contributed by atoms with Crippen LogP contribution in [0.3, 0.4) is 0 Å². The minimum atomic E-state index is -1.87. The molecule has 0 saturated heterocycles. The van der Waals surface area contributed by atoms with E-state index in [1.807, 2.05) is 26.0 Å². The predicted molar refractivity (Wildman–Crippen MR) is 155 cm³/mol. The zero-order valence-corrected chi connectivity index (χ0v) is 24.5. The van der Waals surface area contributed by atoms with Crippen LogP contribution < -0.4 is 10.3 Å². The van der Waals surface area contributed by atoms with Gasteiger partial charge in [-0.2, -0.15) is 0 Å². The smallest absolute Gasteiger partial charge is 0.415 e. The number of hydrogen-bond acceptors (Lipinski definition) is 8. The molecule has 0 spiro atoms. The van der Waals surface area contributed by atoms with E-state index in [0.29, 0.717) is 59.8 Å². The van der Waals surface area contributed by atoms with Gasteiger partial charge in [-0.15, -0.1) is 0 Å². The molecule has 2 aliphatic rings. The molecule has 0 radical (unpaired) electrons. The van der Waals surface area contributed by atoms with Gasteiger partial charge >= 0.3 is 12.1 Å². The van der Waals surface area contributed by atoms with E-state index in [4.69, 9.17) is 14.5 Å². The number of carbonyl (C=O) groups is 2. The molecule has 2 aliphatic heterocycles. The molecule has 1 N–H and O–H groups in total. The first-order chi connectivity index (χ1) is 19.7. The largest absolute Gasteiger partial charge is 0.458 e. The molecule has 1 atom stereocenters. The Bertz CT molecular complexity index is 1580. The van der Waals surface area contributed by atoms with Crippen molar-refractivity contribution in [1.29, 1.82) is 0 Å². The zero-order valence-electron chi connectivity index (χ0n) is 24.5. The summed E-state index contributed by atoms with van der Waals surface area (Å²) in [5.41, 5.74) is 2.28. The summed E-state index contributed by atoms with van der Waals surface area (Å²) in [6.45, 7) is 13.8. The third-order valence-corrected chi connectivity index (χ3v) is 8.56. The van der Waals surface area contributed by atoms with Crippen molar-refractivity contribution in [1.82, 2.24) is 19.4 Å². The molecule has 41 heavy (non-hydrogen) atoms. The Balaban J connectivity index is 1.51. The quantitative estimate of drug-likeness (QED) is 0.307. The van der Waals surface area contributed by atoms with Crippen LogP contribution in [-0.4, -0.2) is 69.2 Å². The molecule has 3 aromatic rings. The van der Waals surface area contributed by atoms with E-state index in [1.165, 1.54) is 0 Å². The molecule has 0 saturated carbocycles. The van der Waals surface area contributed by atoms with Gasteiger partial charge in [0.2, 0.25) is 0 Å². The third-order valence-electron chi connectivity index (χ3n) is 8.56. The summed E-state index contributed by atoms with van der Waals surface area (Å²) in [6, 6.07) is 7.12.